The van der Waals surface area contributed by atoms with Gasteiger partial charge in [-0.15, -0.1) is 0 Å². The number of carboxylic acids is 1. The lowest BCUT2D eigenvalue weighted by Crippen LogP contribution is -2.40. The van der Waals surface area contributed by atoms with E-state index in [1.165, 1.54) is 7.11 Å². The van der Waals surface area contributed by atoms with Crippen LogP contribution in [0.2, 0.25) is 0 Å². The van der Waals surface area contributed by atoms with E-state index in [2.05, 4.69) is 5.16 Å². The minimum absolute atomic E-state index is 0.0658. The number of aryl methyl sites for hydroxylation is 2. The van der Waals surface area contributed by atoms with E-state index in [1.54, 1.807) is 36.1 Å². The Morgan fingerprint density at radius 3 is 2.71 bits per heavy atom. The number of carboxylic acid groups (broad SMARTS) is 1. The fraction of sp³-hybridized carbons (Fsp3) is 0.450. The summed E-state index contributed by atoms with van der Waals surface area (Å²) in [5.74, 6) is -0.0973. The first-order valence-corrected chi connectivity index (χ1v) is 9.03. The predicted octanol–water partition coefficient (Wildman–Crippen LogP) is 2.43. The molecule has 0 spiro atoms. The SMILES string of the molecule is COCC1(C(=O)O)CCN(C(=O)c2ccccc2OCc2c(C)noc2C)C1. The van der Waals surface area contributed by atoms with Crippen molar-refractivity contribution < 1.29 is 28.7 Å². The normalized spacial score (nSPS) is 19.0. The second kappa shape index (κ2) is 8.02. The van der Waals surface area contributed by atoms with Gasteiger partial charge in [-0.25, -0.2) is 0 Å². The zero-order chi connectivity index (χ0) is 20.3. The number of likely N-dealkylation sites (tertiary alicyclic amines) is 1. The maximum Gasteiger partial charge on any atom is 0.313 e. The number of ether oxygens (including phenoxy) is 2. The second-order valence-corrected chi connectivity index (χ2v) is 7.08. The molecule has 1 N–H and O–H groups in total. The molecule has 0 saturated carbocycles. The number of hydrogen-bond donors (Lipinski definition) is 1. The number of amides is 1. The number of benzene rings is 1. The third-order valence-corrected chi connectivity index (χ3v) is 5.19. The summed E-state index contributed by atoms with van der Waals surface area (Å²) < 4.78 is 16.1. The quantitative estimate of drug-likeness (QED) is 0.777. The minimum Gasteiger partial charge on any atom is -0.488 e. The highest BCUT2D eigenvalue weighted by Crippen LogP contribution is 2.33. The molecule has 1 atom stereocenters. The van der Waals surface area contributed by atoms with Gasteiger partial charge in [-0.3, -0.25) is 9.59 Å². The molecule has 3 rings (SSSR count). The van der Waals surface area contributed by atoms with Gasteiger partial charge in [0.25, 0.3) is 5.91 Å². The molecule has 0 radical (unpaired) electrons. The Balaban J connectivity index is 1.77. The van der Waals surface area contributed by atoms with E-state index in [1.807, 2.05) is 6.92 Å². The van der Waals surface area contributed by atoms with Crippen molar-refractivity contribution in [1.82, 2.24) is 10.1 Å². The lowest BCUT2D eigenvalue weighted by molar-refractivity contribution is -0.151. The van der Waals surface area contributed by atoms with Gasteiger partial charge in [-0.05, 0) is 32.4 Å². The van der Waals surface area contributed by atoms with Gasteiger partial charge in [-0.1, -0.05) is 17.3 Å². The molecule has 1 saturated heterocycles. The topological polar surface area (TPSA) is 102 Å². The molecule has 1 aliphatic heterocycles. The number of rotatable bonds is 7. The van der Waals surface area contributed by atoms with Crippen molar-refractivity contribution in [3.8, 4) is 5.75 Å². The molecule has 1 aliphatic rings. The number of methoxy groups -OCH3 is 1. The summed E-state index contributed by atoms with van der Waals surface area (Å²) in [6, 6.07) is 6.95. The van der Waals surface area contributed by atoms with Crippen LogP contribution in [0.5, 0.6) is 5.75 Å². The van der Waals surface area contributed by atoms with E-state index in [4.69, 9.17) is 14.0 Å². The Kier molecular flexibility index (Phi) is 5.69. The van der Waals surface area contributed by atoms with Gasteiger partial charge in [0, 0.05) is 20.2 Å². The smallest absolute Gasteiger partial charge is 0.313 e. The lowest BCUT2D eigenvalue weighted by Gasteiger charge is -2.24. The molecule has 28 heavy (non-hydrogen) atoms. The van der Waals surface area contributed by atoms with Crippen LogP contribution in [-0.4, -0.2) is 53.8 Å². The molecule has 1 unspecified atom stereocenters. The van der Waals surface area contributed by atoms with E-state index in [0.717, 1.165) is 11.3 Å². The van der Waals surface area contributed by atoms with Crippen LogP contribution in [0.4, 0.5) is 0 Å². The monoisotopic (exact) mass is 388 g/mol. The Hall–Kier alpha value is -2.87. The van der Waals surface area contributed by atoms with Crippen LogP contribution in [0.15, 0.2) is 28.8 Å². The summed E-state index contributed by atoms with van der Waals surface area (Å²) in [4.78, 5) is 26.3. The fourth-order valence-electron chi connectivity index (χ4n) is 3.47. The predicted molar refractivity (Wildman–Crippen MR) is 99.2 cm³/mol. The largest absolute Gasteiger partial charge is 0.488 e. The van der Waals surface area contributed by atoms with Gasteiger partial charge in [0.1, 0.15) is 23.5 Å². The number of aromatic nitrogens is 1. The lowest BCUT2D eigenvalue weighted by atomic mass is 9.88. The van der Waals surface area contributed by atoms with E-state index < -0.39 is 11.4 Å². The Bertz CT molecular complexity index is 858. The summed E-state index contributed by atoms with van der Waals surface area (Å²) in [7, 11) is 1.47. The zero-order valence-corrected chi connectivity index (χ0v) is 16.2. The molecular weight excluding hydrogens is 364 g/mol. The first-order valence-electron chi connectivity index (χ1n) is 9.03. The number of carbonyl (C=O) groups excluding carboxylic acids is 1. The number of hydrogen-bond acceptors (Lipinski definition) is 6. The maximum atomic E-state index is 13.1. The molecule has 1 fully saturated rings. The number of aliphatic carboxylic acids is 1. The van der Waals surface area contributed by atoms with Gasteiger partial charge in [-0.2, -0.15) is 0 Å². The van der Waals surface area contributed by atoms with E-state index >= 15 is 0 Å². The van der Waals surface area contributed by atoms with Crippen LogP contribution < -0.4 is 4.74 Å². The highest BCUT2D eigenvalue weighted by Gasteiger charge is 2.46. The third-order valence-electron chi connectivity index (χ3n) is 5.19. The third kappa shape index (κ3) is 3.73. The van der Waals surface area contributed by atoms with Gasteiger partial charge < -0.3 is 24.0 Å². The van der Waals surface area contributed by atoms with Crippen molar-refractivity contribution in [1.29, 1.82) is 0 Å². The molecule has 0 bridgehead atoms. The van der Waals surface area contributed by atoms with Gasteiger partial charge in [0.05, 0.1) is 23.4 Å². The van der Waals surface area contributed by atoms with E-state index in [9.17, 15) is 14.7 Å². The maximum absolute atomic E-state index is 13.1. The molecule has 1 amide bonds. The van der Waals surface area contributed by atoms with Crippen molar-refractivity contribution in [2.45, 2.75) is 26.9 Å². The number of para-hydroxylation sites is 1. The Labute approximate surface area is 163 Å². The molecular formula is C20H24N2O6. The summed E-state index contributed by atoms with van der Waals surface area (Å²) >= 11 is 0. The second-order valence-electron chi connectivity index (χ2n) is 7.08. The highest BCUT2D eigenvalue weighted by atomic mass is 16.5. The molecule has 2 heterocycles. The van der Waals surface area contributed by atoms with Crippen LogP contribution in [0.25, 0.3) is 0 Å². The standard InChI is InChI=1S/C20H24N2O6/c1-13-16(14(2)28-21-13)10-27-17-7-5-4-6-15(17)18(23)22-9-8-20(11-22,12-26-3)19(24)25/h4-7H,8-12H2,1-3H3,(H,24,25). The number of carbonyl (C=O) groups is 2. The summed E-state index contributed by atoms with van der Waals surface area (Å²) in [5, 5.41) is 13.5. The minimum atomic E-state index is -1.07. The Morgan fingerprint density at radius 1 is 1.32 bits per heavy atom. The summed E-state index contributed by atoms with van der Waals surface area (Å²) in [6.07, 6.45) is 0.351. The van der Waals surface area contributed by atoms with Crippen LogP contribution in [0.3, 0.4) is 0 Å². The van der Waals surface area contributed by atoms with Gasteiger partial charge in [0.15, 0.2) is 0 Å². The molecule has 2 aromatic rings. The molecule has 8 nitrogen and oxygen atoms in total. The summed E-state index contributed by atoms with van der Waals surface area (Å²) in [6.45, 7) is 4.39. The van der Waals surface area contributed by atoms with Crippen LogP contribution in [-0.2, 0) is 16.1 Å². The number of nitrogens with zero attached hydrogens (tertiary/aromatic N) is 2. The van der Waals surface area contributed by atoms with Crippen molar-refractivity contribution in [2.24, 2.45) is 5.41 Å². The average molecular weight is 388 g/mol. The van der Waals surface area contributed by atoms with Crippen molar-refractivity contribution in [3.63, 3.8) is 0 Å². The molecule has 1 aromatic carbocycles. The first-order chi connectivity index (χ1) is 13.4. The van der Waals surface area contributed by atoms with Gasteiger partial charge in [0.2, 0.25) is 0 Å². The van der Waals surface area contributed by atoms with Gasteiger partial charge >= 0.3 is 5.97 Å². The zero-order valence-electron chi connectivity index (χ0n) is 16.2. The Morgan fingerprint density at radius 2 is 2.07 bits per heavy atom. The van der Waals surface area contributed by atoms with Crippen LogP contribution >= 0.6 is 0 Å². The molecule has 8 heteroatoms. The van der Waals surface area contributed by atoms with Crippen LogP contribution in [0.1, 0.15) is 33.8 Å². The molecule has 1 aromatic heterocycles. The first kappa shape index (κ1) is 19.9. The fourth-order valence-corrected chi connectivity index (χ4v) is 3.47. The molecule has 0 aliphatic carbocycles. The van der Waals surface area contributed by atoms with E-state index in [0.29, 0.717) is 30.0 Å². The summed E-state index contributed by atoms with van der Waals surface area (Å²) in [5.41, 5.74) is 0.907. The van der Waals surface area contributed by atoms with Crippen molar-refractivity contribution in [2.75, 3.05) is 26.8 Å². The highest BCUT2D eigenvalue weighted by molar-refractivity contribution is 5.97. The van der Waals surface area contributed by atoms with E-state index in [-0.39, 0.29) is 25.7 Å². The van der Waals surface area contributed by atoms with Crippen molar-refractivity contribution >= 4 is 11.9 Å². The average Bonchev–Trinajstić information content (AvgIpc) is 3.25. The van der Waals surface area contributed by atoms with Crippen molar-refractivity contribution in [3.05, 3.63) is 46.8 Å². The molecule has 150 valence electrons. The van der Waals surface area contributed by atoms with Crippen LogP contribution in [0, 0.1) is 19.3 Å².